The molecule has 1 N–H and O–H groups in total. The molecular weight excluding hydrogens is 412 g/mol. The van der Waals surface area contributed by atoms with Gasteiger partial charge >= 0.3 is 0 Å². The predicted octanol–water partition coefficient (Wildman–Crippen LogP) is 3.73. The van der Waals surface area contributed by atoms with Crippen molar-refractivity contribution in [2.75, 3.05) is 20.3 Å². The fraction of sp³-hybridized carbons (Fsp3) is 0.200. The number of non-ortho nitro benzene ring substituents is 1. The van der Waals surface area contributed by atoms with Gasteiger partial charge in [-0.15, -0.1) is 0 Å². The molecule has 9 nitrogen and oxygen atoms in total. The van der Waals surface area contributed by atoms with Crippen LogP contribution in [0.5, 0.6) is 17.2 Å². The summed E-state index contributed by atoms with van der Waals surface area (Å²) in [7, 11) is 1.25. The number of hydrogen-bond acceptors (Lipinski definition) is 8. The van der Waals surface area contributed by atoms with Crippen LogP contribution in [0.15, 0.2) is 41.3 Å². The molecule has 1 aliphatic rings. The fourth-order valence-electron chi connectivity index (χ4n) is 2.71. The van der Waals surface area contributed by atoms with E-state index in [-0.39, 0.29) is 40.8 Å². The van der Waals surface area contributed by atoms with Crippen molar-refractivity contribution >= 4 is 34.7 Å². The molecule has 0 atom stereocenters. The van der Waals surface area contributed by atoms with Crippen molar-refractivity contribution in [3.05, 3.63) is 62.5 Å². The van der Waals surface area contributed by atoms with E-state index in [2.05, 4.69) is 0 Å². The van der Waals surface area contributed by atoms with Gasteiger partial charge in [0.25, 0.3) is 16.8 Å². The van der Waals surface area contributed by atoms with E-state index in [1.54, 1.807) is 12.1 Å². The van der Waals surface area contributed by atoms with Crippen LogP contribution in [-0.2, 0) is 4.79 Å². The monoisotopic (exact) mass is 430 g/mol. The molecule has 1 saturated heterocycles. The molecule has 1 aliphatic heterocycles. The van der Waals surface area contributed by atoms with E-state index in [1.807, 2.05) is 19.1 Å². The number of thioether (sulfide) groups is 1. The van der Waals surface area contributed by atoms with Crippen LogP contribution in [0.1, 0.15) is 11.1 Å². The third-order valence-electron chi connectivity index (χ3n) is 4.28. The van der Waals surface area contributed by atoms with Crippen molar-refractivity contribution < 1.29 is 29.1 Å². The zero-order chi connectivity index (χ0) is 21.8. The first-order valence-corrected chi connectivity index (χ1v) is 9.62. The molecule has 0 saturated carbocycles. The molecule has 0 bridgehead atoms. The highest BCUT2D eigenvalue weighted by Crippen LogP contribution is 2.39. The topological polar surface area (TPSA) is 119 Å². The van der Waals surface area contributed by atoms with Crippen LogP contribution >= 0.6 is 11.8 Å². The number of rotatable bonds is 7. The molecule has 156 valence electrons. The summed E-state index contributed by atoms with van der Waals surface area (Å²) in [6, 6.07) is 9.53. The van der Waals surface area contributed by atoms with Gasteiger partial charge in [-0.2, -0.15) is 0 Å². The van der Waals surface area contributed by atoms with Gasteiger partial charge < -0.3 is 14.6 Å². The number of carbonyl (C=O) groups excluding carboxylic acids is 2. The van der Waals surface area contributed by atoms with Gasteiger partial charge in [-0.25, -0.2) is 0 Å². The SMILES string of the molecule is COc1cc([N+](=O)[O-])cc(/C=C2\SC(=O)N(CCOc3ccc(C)cc3)C2=O)c1O. The minimum Gasteiger partial charge on any atom is -0.504 e. The Morgan fingerprint density at radius 3 is 2.57 bits per heavy atom. The number of amides is 2. The number of hydrogen-bond donors (Lipinski definition) is 1. The second-order valence-electron chi connectivity index (χ2n) is 6.34. The van der Waals surface area contributed by atoms with Crippen LogP contribution in [0.25, 0.3) is 6.08 Å². The maximum absolute atomic E-state index is 12.6. The van der Waals surface area contributed by atoms with E-state index in [4.69, 9.17) is 9.47 Å². The van der Waals surface area contributed by atoms with Gasteiger partial charge in [0, 0.05) is 11.6 Å². The average molecular weight is 430 g/mol. The lowest BCUT2D eigenvalue weighted by atomic mass is 10.1. The molecule has 2 aromatic carbocycles. The number of imide groups is 1. The number of nitrogens with zero attached hydrogens (tertiary/aromatic N) is 2. The molecule has 0 aliphatic carbocycles. The summed E-state index contributed by atoms with van der Waals surface area (Å²) in [6.45, 7) is 2.11. The zero-order valence-corrected chi connectivity index (χ0v) is 17.0. The molecule has 1 heterocycles. The highest BCUT2D eigenvalue weighted by Gasteiger charge is 2.35. The number of aromatic hydroxyl groups is 1. The molecule has 2 amide bonds. The first-order valence-electron chi connectivity index (χ1n) is 8.80. The molecule has 30 heavy (non-hydrogen) atoms. The number of phenolic OH excluding ortho intramolecular Hbond substituents is 1. The number of phenols is 1. The fourth-order valence-corrected chi connectivity index (χ4v) is 3.56. The summed E-state index contributed by atoms with van der Waals surface area (Å²) in [4.78, 5) is 36.3. The zero-order valence-electron chi connectivity index (χ0n) is 16.2. The minimum atomic E-state index is -0.645. The normalized spacial score (nSPS) is 15.0. The standard InChI is InChI=1S/C20H18N2O7S/c1-12-3-5-15(6-4-12)29-8-7-21-19(24)17(30-20(21)25)10-13-9-14(22(26)27)11-16(28-2)18(13)23/h3-6,9-11,23H,7-8H2,1-2H3/b17-10-. The molecule has 10 heteroatoms. The second kappa shape index (κ2) is 8.87. The molecule has 0 spiro atoms. The van der Waals surface area contributed by atoms with Crippen LogP contribution < -0.4 is 9.47 Å². The van der Waals surface area contributed by atoms with E-state index >= 15 is 0 Å². The van der Waals surface area contributed by atoms with Gasteiger partial charge in [0.15, 0.2) is 11.5 Å². The number of nitro benzene ring substituents is 1. The van der Waals surface area contributed by atoms with Crippen LogP contribution in [0, 0.1) is 17.0 Å². The lowest BCUT2D eigenvalue weighted by molar-refractivity contribution is -0.385. The minimum absolute atomic E-state index is 0.00227. The smallest absolute Gasteiger partial charge is 0.293 e. The molecule has 3 rings (SSSR count). The third kappa shape index (κ3) is 4.54. The molecule has 0 aromatic heterocycles. The molecule has 0 unspecified atom stereocenters. The van der Waals surface area contributed by atoms with E-state index in [9.17, 15) is 24.8 Å². The summed E-state index contributed by atoms with van der Waals surface area (Å²) >= 11 is 0.682. The van der Waals surface area contributed by atoms with Crippen molar-refractivity contribution in [2.45, 2.75) is 6.92 Å². The van der Waals surface area contributed by atoms with E-state index in [0.29, 0.717) is 17.5 Å². The van der Waals surface area contributed by atoms with E-state index < -0.39 is 16.1 Å². The highest BCUT2D eigenvalue weighted by molar-refractivity contribution is 8.18. The summed E-state index contributed by atoms with van der Waals surface area (Å²) in [5.41, 5.74) is 0.767. The highest BCUT2D eigenvalue weighted by atomic mass is 32.2. The Morgan fingerprint density at radius 1 is 1.23 bits per heavy atom. The van der Waals surface area contributed by atoms with Crippen molar-refractivity contribution in [3.63, 3.8) is 0 Å². The largest absolute Gasteiger partial charge is 0.504 e. The Bertz CT molecular complexity index is 1030. The van der Waals surface area contributed by atoms with Crippen molar-refractivity contribution in [1.82, 2.24) is 4.90 Å². The van der Waals surface area contributed by atoms with Crippen molar-refractivity contribution in [2.24, 2.45) is 0 Å². The van der Waals surface area contributed by atoms with Crippen LogP contribution in [0.2, 0.25) is 0 Å². The lowest BCUT2D eigenvalue weighted by Crippen LogP contribution is -2.32. The number of carbonyl (C=O) groups is 2. The number of methoxy groups -OCH3 is 1. The van der Waals surface area contributed by atoms with Gasteiger partial charge in [0.05, 0.1) is 29.5 Å². The number of ether oxygens (including phenoxy) is 2. The van der Waals surface area contributed by atoms with Crippen LogP contribution in [0.4, 0.5) is 10.5 Å². The maximum atomic E-state index is 12.6. The molecule has 2 aromatic rings. The Hall–Kier alpha value is -3.53. The van der Waals surface area contributed by atoms with Crippen LogP contribution in [0.3, 0.4) is 0 Å². The van der Waals surface area contributed by atoms with Crippen molar-refractivity contribution in [3.8, 4) is 17.2 Å². The predicted molar refractivity (Wildman–Crippen MR) is 111 cm³/mol. The summed E-state index contributed by atoms with van der Waals surface area (Å²) in [6.07, 6.45) is 1.23. The Labute approximate surface area is 176 Å². The second-order valence-corrected chi connectivity index (χ2v) is 7.33. The first-order chi connectivity index (χ1) is 14.3. The Morgan fingerprint density at radius 2 is 1.93 bits per heavy atom. The van der Waals surface area contributed by atoms with Gasteiger partial charge in [0.2, 0.25) is 0 Å². The Balaban J connectivity index is 1.75. The summed E-state index contributed by atoms with van der Waals surface area (Å²) in [5.74, 6) is -0.419. The van der Waals surface area contributed by atoms with Crippen LogP contribution in [-0.4, -0.2) is 46.3 Å². The van der Waals surface area contributed by atoms with Crippen molar-refractivity contribution in [1.29, 1.82) is 0 Å². The number of aryl methyl sites for hydroxylation is 1. The number of benzene rings is 2. The first kappa shape index (κ1) is 21.2. The van der Waals surface area contributed by atoms with Gasteiger partial charge in [-0.1, -0.05) is 17.7 Å². The van der Waals surface area contributed by atoms with E-state index in [0.717, 1.165) is 22.6 Å². The third-order valence-corrected chi connectivity index (χ3v) is 5.19. The lowest BCUT2D eigenvalue weighted by Gasteiger charge is -2.13. The summed E-state index contributed by atoms with van der Waals surface area (Å²) in [5, 5.41) is 20.8. The Kier molecular flexibility index (Phi) is 6.26. The van der Waals surface area contributed by atoms with Gasteiger partial charge in [-0.3, -0.25) is 24.6 Å². The average Bonchev–Trinajstić information content (AvgIpc) is 2.98. The molecule has 0 radical (unpaired) electrons. The molecular formula is C20H18N2O7S. The maximum Gasteiger partial charge on any atom is 0.293 e. The number of nitro groups is 1. The van der Waals surface area contributed by atoms with Gasteiger partial charge in [-0.05, 0) is 36.9 Å². The van der Waals surface area contributed by atoms with Gasteiger partial charge in [0.1, 0.15) is 12.4 Å². The summed E-state index contributed by atoms with van der Waals surface area (Å²) < 4.78 is 10.5. The van der Waals surface area contributed by atoms with E-state index in [1.165, 1.54) is 13.2 Å². The quantitative estimate of drug-likeness (QED) is 0.401. The molecule has 1 fully saturated rings.